The van der Waals surface area contributed by atoms with Gasteiger partial charge in [0.25, 0.3) is 5.91 Å². The predicted octanol–water partition coefficient (Wildman–Crippen LogP) is 2.36. The van der Waals surface area contributed by atoms with Crippen molar-refractivity contribution in [2.24, 2.45) is 5.92 Å². The summed E-state index contributed by atoms with van der Waals surface area (Å²) in [5, 5.41) is 9.03. The number of rotatable bonds is 2. The van der Waals surface area contributed by atoms with E-state index < -0.39 is 16.8 Å². The van der Waals surface area contributed by atoms with E-state index in [4.69, 9.17) is 5.11 Å². The fourth-order valence-corrected chi connectivity index (χ4v) is 5.88. The van der Waals surface area contributed by atoms with Gasteiger partial charge in [-0.2, -0.15) is 0 Å². The van der Waals surface area contributed by atoms with Crippen molar-refractivity contribution in [1.82, 2.24) is 9.80 Å². The number of carbonyl (C=O) groups is 3. The maximum atomic E-state index is 13.3. The minimum Gasteiger partial charge on any atom is -0.481 e. The maximum Gasteiger partial charge on any atom is 0.306 e. The highest BCUT2D eigenvalue weighted by atomic mass is 32.2. The molecule has 1 aromatic rings. The SMILES string of the molecule is CC1(C)SC2c3ccccc3C(=O)N2C1C(=O)N1CCC(C(=O)O)CC1. The first-order valence-corrected chi connectivity index (χ1v) is 9.80. The second-order valence-electron chi connectivity index (χ2n) is 7.71. The average molecular weight is 374 g/mol. The molecule has 2 atom stereocenters. The topological polar surface area (TPSA) is 77.9 Å². The Morgan fingerprint density at radius 1 is 1.19 bits per heavy atom. The molecule has 3 aliphatic heterocycles. The molecule has 0 aromatic heterocycles. The number of hydrogen-bond donors (Lipinski definition) is 1. The van der Waals surface area contributed by atoms with Gasteiger partial charge in [0.05, 0.1) is 5.92 Å². The minimum atomic E-state index is -0.793. The molecule has 4 rings (SSSR count). The predicted molar refractivity (Wildman–Crippen MR) is 97.8 cm³/mol. The van der Waals surface area contributed by atoms with Crippen molar-refractivity contribution >= 4 is 29.5 Å². The van der Waals surface area contributed by atoms with E-state index in [2.05, 4.69) is 0 Å². The van der Waals surface area contributed by atoms with E-state index in [0.717, 1.165) is 5.56 Å². The molecule has 138 valence electrons. The van der Waals surface area contributed by atoms with Crippen LogP contribution in [0.1, 0.15) is 48.0 Å². The van der Waals surface area contributed by atoms with Gasteiger partial charge < -0.3 is 14.9 Å². The van der Waals surface area contributed by atoms with E-state index in [-0.39, 0.29) is 23.1 Å². The molecular formula is C19H22N2O4S. The summed E-state index contributed by atoms with van der Waals surface area (Å²) in [6, 6.07) is 7.03. The molecule has 3 heterocycles. The van der Waals surface area contributed by atoms with Crippen LogP contribution in [0.2, 0.25) is 0 Å². The van der Waals surface area contributed by atoms with Gasteiger partial charge in [-0.25, -0.2) is 0 Å². The fourth-order valence-electron chi connectivity index (χ4n) is 4.30. The lowest BCUT2D eigenvalue weighted by Crippen LogP contribution is -2.55. The Labute approximate surface area is 156 Å². The standard InChI is InChI=1S/C19H22N2O4S/c1-19(2)14(16(23)20-9-7-11(8-10-20)18(24)25)21-15(22)12-5-3-4-6-13(12)17(21)26-19/h3-6,11,14,17H,7-10H2,1-2H3,(H,24,25). The average Bonchev–Trinajstić information content (AvgIpc) is 3.05. The number of fused-ring (bicyclic) bond motifs is 3. The van der Waals surface area contributed by atoms with Gasteiger partial charge in [-0.15, -0.1) is 11.8 Å². The van der Waals surface area contributed by atoms with Gasteiger partial charge in [0, 0.05) is 23.4 Å². The van der Waals surface area contributed by atoms with Crippen molar-refractivity contribution in [2.75, 3.05) is 13.1 Å². The van der Waals surface area contributed by atoms with Crippen molar-refractivity contribution in [3.05, 3.63) is 35.4 Å². The monoisotopic (exact) mass is 374 g/mol. The number of carboxylic acid groups (broad SMARTS) is 1. The first-order chi connectivity index (χ1) is 12.3. The molecule has 0 bridgehead atoms. The highest BCUT2D eigenvalue weighted by molar-refractivity contribution is 8.01. The Morgan fingerprint density at radius 3 is 2.50 bits per heavy atom. The zero-order valence-electron chi connectivity index (χ0n) is 14.8. The van der Waals surface area contributed by atoms with Crippen LogP contribution in [0.25, 0.3) is 0 Å². The van der Waals surface area contributed by atoms with E-state index in [1.807, 2.05) is 38.1 Å². The third kappa shape index (κ3) is 2.52. The second-order valence-corrected chi connectivity index (χ2v) is 9.45. The summed E-state index contributed by atoms with van der Waals surface area (Å²) in [5.74, 6) is -1.31. The zero-order valence-corrected chi connectivity index (χ0v) is 15.7. The number of likely N-dealkylation sites (tertiary alicyclic amines) is 1. The van der Waals surface area contributed by atoms with Crippen molar-refractivity contribution in [2.45, 2.75) is 42.9 Å². The van der Waals surface area contributed by atoms with Gasteiger partial charge in [0.2, 0.25) is 5.91 Å². The van der Waals surface area contributed by atoms with E-state index in [9.17, 15) is 14.4 Å². The molecule has 26 heavy (non-hydrogen) atoms. The second kappa shape index (κ2) is 6.01. The van der Waals surface area contributed by atoms with E-state index in [1.54, 1.807) is 21.6 Å². The molecule has 0 aliphatic carbocycles. The third-order valence-corrected chi connectivity index (χ3v) is 7.22. The molecule has 0 radical (unpaired) electrons. The van der Waals surface area contributed by atoms with Crippen LogP contribution in [0.5, 0.6) is 0 Å². The Morgan fingerprint density at radius 2 is 1.85 bits per heavy atom. The molecular weight excluding hydrogens is 352 g/mol. The summed E-state index contributed by atoms with van der Waals surface area (Å²) >= 11 is 1.65. The van der Waals surface area contributed by atoms with Crippen LogP contribution in [0, 0.1) is 5.92 Å². The van der Waals surface area contributed by atoms with Gasteiger partial charge in [0.1, 0.15) is 11.4 Å². The smallest absolute Gasteiger partial charge is 0.306 e. The van der Waals surface area contributed by atoms with Crippen LogP contribution in [0.3, 0.4) is 0 Å². The Kier molecular flexibility index (Phi) is 4.02. The number of piperidine rings is 1. The van der Waals surface area contributed by atoms with Crippen LogP contribution in [0.15, 0.2) is 24.3 Å². The number of carboxylic acids is 1. The van der Waals surface area contributed by atoms with Crippen LogP contribution < -0.4 is 0 Å². The Bertz CT molecular complexity index is 785. The van der Waals surface area contributed by atoms with Crippen LogP contribution in [-0.4, -0.2) is 56.6 Å². The lowest BCUT2D eigenvalue weighted by atomic mass is 9.94. The van der Waals surface area contributed by atoms with Crippen molar-refractivity contribution in [3.63, 3.8) is 0 Å². The lowest BCUT2D eigenvalue weighted by Gasteiger charge is -2.37. The molecule has 1 aromatic carbocycles. The number of thioether (sulfide) groups is 1. The number of carbonyl (C=O) groups excluding carboxylic acids is 2. The van der Waals surface area contributed by atoms with Crippen molar-refractivity contribution in [1.29, 1.82) is 0 Å². The first-order valence-electron chi connectivity index (χ1n) is 8.92. The molecule has 6 nitrogen and oxygen atoms in total. The van der Waals surface area contributed by atoms with Crippen molar-refractivity contribution < 1.29 is 19.5 Å². The number of hydrogen-bond acceptors (Lipinski definition) is 4. The molecule has 1 N–H and O–H groups in total. The van der Waals surface area contributed by atoms with Crippen molar-refractivity contribution in [3.8, 4) is 0 Å². The normalized spacial score (nSPS) is 27.4. The van der Waals surface area contributed by atoms with Gasteiger partial charge >= 0.3 is 5.97 Å². The molecule has 2 fully saturated rings. The Hall–Kier alpha value is -2.02. The maximum absolute atomic E-state index is 13.3. The molecule has 3 aliphatic rings. The Balaban J connectivity index is 1.59. The number of benzene rings is 1. The zero-order chi connectivity index (χ0) is 18.6. The summed E-state index contributed by atoms with van der Waals surface area (Å²) in [6.07, 6.45) is 0.942. The van der Waals surface area contributed by atoms with E-state index in [1.165, 1.54) is 0 Å². The van der Waals surface area contributed by atoms with E-state index >= 15 is 0 Å². The van der Waals surface area contributed by atoms with Crippen LogP contribution in [0.4, 0.5) is 0 Å². The molecule has 0 spiro atoms. The molecule has 2 unspecified atom stereocenters. The van der Waals surface area contributed by atoms with E-state index in [0.29, 0.717) is 31.5 Å². The van der Waals surface area contributed by atoms with Gasteiger partial charge in [0.15, 0.2) is 0 Å². The summed E-state index contributed by atoms with van der Waals surface area (Å²) in [7, 11) is 0. The van der Waals surface area contributed by atoms with Gasteiger partial charge in [-0.3, -0.25) is 14.4 Å². The fraction of sp³-hybridized carbons (Fsp3) is 0.526. The molecule has 2 amide bonds. The number of aliphatic carboxylic acids is 1. The van der Waals surface area contributed by atoms with Gasteiger partial charge in [-0.1, -0.05) is 18.2 Å². The quantitative estimate of drug-likeness (QED) is 0.860. The third-order valence-electron chi connectivity index (χ3n) is 5.69. The van der Waals surface area contributed by atoms with Crippen LogP contribution >= 0.6 is 11.8 Å². The summed E-state index contributed by atoms with van der Waals surface area (Å²) < 4.78 is -0.394. The largest absolute Gasteiger partial charge is 0.481 e. The van der Waals surface area contributed by atoms with Gasteiger partial charge in [-0.05, 0) is 38.3 Å². The van der Waals surface area contributed by atoms with Crippen LogP contribution in [-0.2, 0) is 9.59 Å². The highest BCUT2D eigenvalue weighted by Gasteiger charge is 2.58. The minimum absolute atomic E-state index is 0.0602. The molecule has 2 saturated heterocycles. The highest BCUT2D eigenvalue weighted by Crippen LogP contribution is 2.56. The summed E-state index contributed by atoms with van der Waals surface area (Å²) in [6.45, 7) is 4.90. The summed E-state index contributed by atoms with van der Waals surface area (Å²) in [4.78, 5) is 40.9. The molecule has 0 saturated carbocycles. The summed E-state index contributed by atoms with van der Waals surface area (Å²) in [5.41, 5.74) is 1.67. The number of amides is 2. The molecule has 7 heteroatoms. The number of nitrogens with zero attached hydrogens (tertiary/aromatic N) is 2. The lowest BCUT2D eigenvalue weighted by molar-refractivity contribution is -0.147. The first kappa shape index (κ1) is 17.4.